The van der Waals surface area contributed by atoms with Gasteiger partial charge in [-0.25, -0.2) is 0 Å². The Morgan fingerprint density at radius 3 is 2.00 bits per heavy atom. The molecule has 2 nitrogen and oxygen atoms in total. The Balaban J connectivity index is 2.90. The van der Waals surface area contributed by atoms with Gasteiger partial charge in [0.2, 0.25) is 0 Å². The maximum Gasteiger partial charge on any atom is 0.324 e. The van der Waals surface area contributed by atoms with Crippen LogP contribution in [0.2, 0.25) is 0 Å². The highest BCUT2D eigenvalue weighted by molar-refractivity contribution is 7.11. The predicted molar refractivity (Wildman–Crippen MR) is 45.3 cm³/mol. The summed E-state index contributed by atoms with van der Waals surface area (Å²) in [5, 5.41) is 0. The molecule has 0 aliphatic heterocycles. The highest BCUT2D eigenvalue weighted by atomic mass is 16.1. The van der Waals surface area contributed by atoms with Crippen molar-refractivity contribution in [1.82, 2.24) is 0 Å². The van der Waals surface area contributed by atoms with Crippen molar-refractivity contribution < 1.29 is 9.59 Å². The van der Waals surface area contributed by atoms with E-state index in [2.05, 4.69) is 0 Å². The lowest BCUT2D eigenvalue weighted by Gasteiger charge is -1.95. The number of hydrogen-bond acceptors (Lipinski definition) is 2. The first-order valence-electron chi connectivity index (χ1n) is 3.34. The molecule has 0 aliphatic carbocycles. The lowest BCUT2D eigenvalue weighted by atomic mass is 9.48. The van der Waals surface area contributed by atoms with Crippen LogP contribution in [0.5, 0.6) is 0 Å². The fourth-order valence-corrected chi connectivity index (χ4v) is 0.864. The molecule has 0 aromatic heterocycles. The van der Waals surface area contributed by atoms with Crippen molar-refractivity contribution in [2.24, 2.45) is 0 Å². The van der Waals surface area contributed by atoms with Gasteiger partial charge in [0, 0.05) is 0 Å². The molecule has 0 fully saturated rings. The van der Waals surface area contributed by atoms with E-state index in [1.165, 1.54) is 0 Å². The van der Waals surface area contributed by atoms with E-state index in [4.69, 9.17) is 0 Å². The van der Waals surface area contributed by atoms with Gasteiger partial charge >= 0.3 is 6.71 Å². The lowest BCUT2D eigenvalue weighted by Crippen LogP contribution is -2.33. The number of hydrogen-bond donors (Lipinski definition) is 0. The minimum atomic E-state index is -0.601. The second kappa shape index (κ2) is 3.71. The SMILES string of the molecule is O=CB(C=O)c1ccccc1. The Kier molecular flexibility index (Phi) is 2.61. The first-order valence-corrected chi connectivity index (χ1v) is 3.34. The highest BCUT2D eigenvalue weighted by Crippen LogP contribution is 1.83. The predicted octanol–water partition coefficient (Wildman–Crippen LogP) is -0.0678. The third-order valence-electron chi connectivity index (χ3n) is 1.48. The Bertz CT molecular complexity index is 238. The Morgan fingerprint density at radius 2 is 1.55 bits per heavy atom. The van der Waals surface area contributed by atoms with Crippen LogP contribution in [0.3, 0.4) is 0 Å². The molecule has 0 saturated carbocycles. The summed E-state index contributed by atoms with van der Waals surface area (Å²) < 4.78 is 0. The highest BCUT2D eigenvalue weighted by Gasteiger charge is 2.13. The molecular formula is C8H7BO2. The maximum atomic E-state index is 10.3. The Morgan fingerprint density at radius 1 is 1.00 bits per heavy atom. The normalized spacial score (nSPS) is 8.73. The largest absolute Gasteiger partial charge is 0.324 e. The first-order chi connectivity index (χ1) is 5.38. The number of rotatable bonds is 3. The van der Waals surface area contributed by atoms with Crippen LogP contribution in [0, 0.1) is 0 Å². The molecule has 0 radical (unpaired) electrons. The van der Waals surface area contributed by atoms with Gasteiger partial charge in [-0.1, -0.05) is 35.8 Å². The zero-order chi connectivity index (χ0) is 8.10. The summed E-state index contributed by atoms with van der Waals surface area (Å²) in [7, 11) is 0. The quantitative estimate of drug-likeness (QED) is 0.441. The summed E-state index contributed by atoms with van der Waals surface area (Å²) in [5.41, 5.74) is 0.748. The summed E-state index contributed by atoms with van der Waals surface area (Å²) in [6.45, 7) is -0.601. The van der Waals surface area contributed by atoms with E-state index in [-0.39, 0.29) is 0 Å². The molecule has 0 aliphatic rings. The number of benzene rings is 1. The van der Waals surface area contributed by atoms with E-state index in [1.54, 1.807) is 24.3 Å². The molecule has 0 atom stereocenters. The van der Waals surface area contributed by atoms with Crippen LogP contribution in [-0.4, -0.2) is 19.1 Å². The molecule has 11 heavy (non-hydrogen) atoms. The van der Waals surface area contributed by atoms with E-state index < -0.39 is 6.71 Å². The molecular weight excluding hydrogens is 139 g/mol. The minimum absolute atomic E-state index is 0.601. The van der Waals surface area contributed by atoms with E-state index in [9.17, 15) is 9.59 Å². The van der Waals surface area contributed by atoms with Gasteiger partial charge in [0.1, 0.15) is 0 Å². The van der Waals surface area contributed by atoms with Crippen molar-refractivity contribution in [3.63, 3.8) is 0 Å². The van der Waals surface area contributed by atoms with E-state index in [1.807, 2.05) is 6.07 Å². The van der Waals surface area contributed by atoms with Gasteiger partial charge in [-0.05, 0) is 0 Å². The third-order valence-corrected chi connectivity index (χ3v) is 1.48. The van der Waals surface area contributed by atoms with Crippen LogP contribution < -0.4 is 5.46 Å². The molecule has 54 valence electrons. The third kappa shape index (κ3) is 1.77. The van der Waals surface area contributed by atoms with Crippen LogP contribution >= 0.6 is 0 Å². The molecule has 0 unspecified atom stereocenters. The molecule has 3 heteroatoms. The molecule has 0 bridgehead atoms. The van der Waals surface area contributed by atoms with Crippen LogP contribution in [0.4, 0.5) is 0 Å². The van der Waals surface area contributed by atoms with E-state index in [0.717, 1.165) is 5.46 Å². The molecule has 0 N–H and O–H groups in total. The number of carbonyl (C=O) groups is 2. The topological polar surface area (TPSA) is 34.1 Å². The van der Waals surface area contributed by atoms with Crippen molar-refractivity contribution in [1.29, 1.82) is 0 Å². The Labute approximate surface area is 65.3 Å². The smallest absolute Gasteiger partial charge is 0.314 e. The average Bonchev–Trinajstić information content (AvgIpc) is 2.09. The molecule has 1 aromatic carbocycles. The summed E-state index contributed by atoms with van der Waals surface area (Å²) in [6, 6.07) is 8.96. The summed E-state index contributed by atoms with van der Waals surface area (Å²) in [5.74, 6) is 0. The first kappa shape index (κ1) is 7.73. The van der Waals surface area contributed by atoms with Crippen molar-refractivity contribution in [3.05, 3.63) is 30.3 Å². The second-order valence-corrected chi connectivity index (χ2v) is 2.21. The van der Waals surface area contributed by atoms with Crippen LogP contribution in [-0.2, 0) is 9.59 Å². The van der Waals surface area contributed by atoms with Crippen LogP contribution in [0.25, 0.3) is 0 Å². The van der Waals surface area contributed by atoms with Gasteiger partial charge in [-0.2, -0.15) is 0 Å². The lowest BCUT2D eigenvalue weighted by molar-refractivity contribution is 0.563. The zero-order valence-electron chi connectivity index (χ0n) is 5.94. The monoisotopic (exact) mass is 146 g/mol. The van der Waals surface area contributed by atoms with Crippen molar-refractivity contribution >= 4 is 24.5 Å². The zero-order valence-corrected chi connectivity index (χ0v) is 5.94. The second-order valence-electron chi connectivity index (χ2n) is 2.21. The summed E-state index contributed by atoms with van der Waals surface area (Å²) >= 11 is 0. The molecule has 0 heterocycles. The van der Waals surface area contributed by atoms with Gasteiger partial charge in [-0.3, -0.25) is 0 Å². The van der Waals surface area contributed by atoms with E-state index in [0.29, 0.717) is 12.4 Å². The van der Waals surface area contributed by atoms with Crippen molar-refractivity contribution in [2.75, 3.05) is 0 Å². The van der Waals surface area contributed by atoms with Gasteiger partial charge < -0.3 is 9.59 Å². The molecule has 0 amide bonds. The van der Waals surface area contributed by atoms with E-state index >= 15 is 0 Å². The summed E-state index contributed by atoms with van der Waals surface area (Å²) in [6.07, 6.45) is 1.28. The molecule has 1 aromatic rings. The minimum Gasteiger partial charge on any atom is -0.314 e. The standard InChI is InChI=1S/C8H7BO2/c10-6-9(7-11)8-4-2-1-3-5-8/h1-7H. The molecule has 1 rings (SSSR count). The molecule has 0 spiro atoms. The Hall–Kier alpha value is -1.38. The van der Waals surface area contributed by atoms with Gasteiger partial charge in [0.05, 0.1) is 12.4 Å². The number of carbonyl (C=O) groups excluding carboxylic acids is 2. The average molecular weight is 146 g/mol. The fraction of sp³-hybridized carbons (Fsp3) is 0. The summed E-state index contributed by atoms with van der Waals surface area (Å²) in [4.78, 5) is 20.6. The van der Waals surface area contributed by atoms with Crippen molar-refractivity contribution in [3.8, 4) is 0 Å². The fourth-order valence-electron chi connectivity index (χ4n) is 0.864. The molecule has 0 saturated heterocycles. The van der Waals surface area contributed by atoms with Gasteiger partial charge in [0.15, 0.2) is 0 Å². The van der Waals surface area contributed by atoms with Crippen LogP contribution in [0.15, 0.2) is 30.3 Å². The van der Waals surface area contributed by atoms with Gasteiger partial charge in [-0.15, -0.1) is 0 Å². The van der Waals surface area contributed by atoms with Gasteiger partial charge in [0.25, 0.3) is 0 Å². The van der Waals surface area contributed by atoms with Crippen LogP contribution in [0.1, 0.15) is 0 Å². The maximum absolute atomic E-state index is 10.3. The van der Waals surface area contributed by atoms with Crippen molar-refractivity contribution in [2.45, 2.75) is 0 Å².